The van der Waals surface area contributed by atoms with Crippen LogP contribution in [-0.2, 0) is 0 Å². The van der Waals surface area contributed by atoms with Gasteiger partial charge in [-0.2, -0.15) is 0 Å². The Morgan fingerprint density at radius 2 is 2.07 bits per heavy atom. The van der Waals surface area contributed by atoms with Crippen LogP contribution in [0.2, 0.25) is 0 Å². The van der Waals surface area contributed by atoms with Crippen molar-refractivity contribution in [2.75, 3.05) is 24.7 Å². The van der Waals surface area contributed by atoms with Crippen molar-refractivity contribution < 1.29 is 0 Å². The van der Waals surface area contributed by atoms with Crippen LogP contribution in [-0.4, -0.2) is 24.1 Å². The van der Waals surface area contributed by atoms with Crippen LogP contribution in [0.5, 0.6) is 0 Å². The maximum Gasteiger partial charge on any atom is 0.203 e. The molecule has 14 heavy (non-hydrogen) atoms. The number of hydrogen-bond acceptors (Lipinski definition) is 3. The summed E-state index contributed by atoms with van der Waals surface area (Å²) in [5, 5.41) is 0. The minimum atomic E-state index is 0. The van der Waals surface area contributed by atoms with Crippen LogP contribution in [0.3, 0.4) is 0 Å². The van der Waals surface area contributed by atoms with Gasteiger partial charge in [0.1, 0.15) is 0 Å². The van der Waals surface area contributed by atoms with Gasteiger partial charge in [-0.05, 0) is 18.2 Å². The normalized spacial score (nSPS) is 9.86. The number of imidazole rings is 1. The minimum absolute atomic E-state index is 0. The lowest BCUT2D eigenvalue weighted by atomic mass is 10.3. The molecule has 5 heteroatoms. The molecule has 0 bridgehead atoms. The molecule has 2 aromatic rings. The number of fused-ring (bicyclic) bond motifs is 1. The van der Waals surface area contributed by atoms with E-state index in [1.165, 1.54) is 0 Å². The predicted octanol–water partition coefficient (Wildman–Crippen LogP) is 1.63. The summed E-state index contributed by atoms with van der Waals surface area (Å²) < 4.78 is 0. The number of hydrogen-bond donors (Lipinski definition) is 2. The third kappa shape index (κ3) is 1.75. The number of H-pyrrole nitrogens is 1. The first kappa shape index (κ1) is 10.7. The van der Waals surface area contributed by atoms with Crippen LogP contribution in [0.4, 0.5) is 11.6 Å². The molecule has 0 saturated carbocycles. The Kier molecular flexibility index (Phi) is 2.86. The molecule has 0 atom stereocenters. The molecule has 4 nitrogen and oxygen atoms in total. The number of nitrogens with one attached hydrogen (secondary N) is 1. The predicted molar refractivity (Wildman–Crippen MR) is 62.1 cm³/mol. The van der Waals surface area contributed by atoms with Gasteiger partial charge in [0.25, 0.3) is 0 Å². The van der Waals surface area contributed by atoms with Crippen LogP contribution in [0.1, 0.15) is 0 Å². The number of aromatic nitrogens is 2. The Morgan fingerprint density at radius 3 is 2.71 bits per heavy atom. The maximum absolute atomic E-state index is 5.65. The van der Waals surface area contributed by atoms with E-state index in [9.17, 15) is 0 Å². The fourth-order valence-electron chi connectivity index (χ4n) is 1.23. The summed E-state index contributed by atoms with van der Waals surface area (Å²) in [6.07, 6.45) is 0. The van der Waals surface area contributed by atoms with Gasteiger partial charge < -0.3 is 15.6 Å². The van der Waals surface area contributed by atoms with Crippen molar-refractivity contribution in [1.29, 1.82) is 0 Å². The third-order valence-electron chi connectivity index (χ3n) is 1.92. The van der Waals surface area contributed by atoms with Gasteiger partial charge in [-0.15, -0.1) is 12.4 Å². The average Bonchev–Trinajstić information content (AvgIpc) is 2.46. The minimum Gasteiger partial charge on any atom is -0.399 e. The first-order valence-corrected chi connectivity index (χ1v) is 4.09. The Balaban J connectivity index is 0.000000980. The number of aromatic amines is 1. The van der Waals surface area contributed by atoms with Crippen molar-refractivity contribution in [3.8, 4) is 0 Å². The summed E-state index contributed by atoms with van der Waals surface area (Å²) in [5.41, 5.74) is 8.32. The second-order valence-electron chi connectivity index (χ2n) is 3.23. The van der Waals surface area contributed by atoms with Gasteiger partial charge in [-0.25, -0.2) is 4.98 Å². The van der Waals surface area contributed by atoms with Gasteiger partial charge in [-0.1, -0.05) is 0 Å². The van der Waals surface area contributed by atoms with E-state index in [-0.39, 0.29) is 12.4 Å². The van der Waals surface area contributed by atoms with Crippen molar-refractivity contribution in [3.63, 3.8) is 0 Å². The molecule has 1 heterocycles. The van der Waals surface area contributed by atoms with Crippen molar-refractivity contribution >= 4 is 35.1 Å². The number of nitrogens with two attached hydrogens (primary N) is 1. The molecule has 0 spiro atoms. The topological polar surface area (TPSA) is 57.9 Å². The number of halogens is 1. The van der Waals surface area contributed by atoms with Crippen LogP contribution in [0.15, 0.2) is 18.2 Å². The molecule has 0 radical (unpaired) electrons. The molecular formula is C9H13ClN4. The van der Waals surface area contributed by atoms with E-state index in [0.29, 0.717) is 0 Å². The molecule has 0 aliphatic heterocycles. The maximum atomic E-state index is 5.65. The quantitative estimate of drug-likeness (QED) is 0.707. The Morgan fingerprint density at radius 1 is 1.36 bits per heavy atom. The van der Waals surface area contributed by atoms with E-state index >= 15 is 0 Å². The lowest BCUT2D eigenvalue weighted by molar-refractivity contribution is 1.05. The molecule has 76 valence electrons. The number of nitrogens with zero attached hydrogens (tertiary/aromatic N) is 2. The van der Waals surface area contributed by atoms with Crippen molar-refractivity contribution in [3.05, 3.63) is 18.2 Å². The molecule has 0 aliphatic carbocycles. The molecule has 1 aromatic carbocycles. The van der Waals surface area contributed by atoms with Gasteiger partial charge in [0.2, 0.25) is 5.95 Å². The van der Waals surface area contributed by atoms with Crippen molar-refractivity contribution in [2.24, 2.45) is 0 Å². The second-order valence-corrected chi connectivity index (χ2v) is 3.23. The number of rotatable bonds is 1. The molecule has 0 aliphatic rings. The summed E-state index contributed by atoms with van der Waals surface area (Å²) in [5.74, 6) is 0.848. The van der Waals surface area contributed by atoms with E-state index in [2.05, 4.69) is 9.97 Å². The first-order valence-electron chi connectivity index (χ1n) is 4.09. The molecule has 0 unspecified atom stereocenters. The summed E-state index contributed by atoms with van der Waals surface area (Å²) >= 11 is 0. The first-order chi connectivity index (χ1) is 6.16. The van der Waals surface area contributed by atoms with Gasteiger partial charge >= 0.3 is 0 Å². The number of anilines is 2. The molecule has 0 fully saturated rings. The molecule has 3 N–H and O–H groups in total. The van der Waals surface area contributed by atoms with Crippen LogP contribution < -0.4 is 10.6 Å². The second kappa shape index (κ2) is 3.75. The van der Waals surface area contributed by atoms with E-state index in [1.807, 2.05) is 37.2 Å². The van der Waals surface area contributed by atoms with Crippen LogP contribution in [0.25, 0.3) is 11.0 Å². The third-order valence-corrected chi connectivity index (χ3v) is 1.92. The molecule has 0 amide bonds. The molecule has 2 rings (SSSR count). The molecule has 1 aromatic heterocycles. The summed E-state index contributed by atoms with van der Waals surface area (Å²) in [4.78, 5) is 9.47. The Labute approximate surface area is 88.5 Å². The SMILES string of the molecule is CN(C)c1nc2ccc(N)cc2[nH]1.Cl. The highest BCUT2D eigenvalue weighted by Crippen LogP contribution is 2.17. The Hall–Kier alpha value is -1.42. The summed E-state index contributed by atoms with van der Waals surface area (Å²) in [6.45, 7) is 0. The fraction of sp³-hybridized carbons (Fsp3) is 0.222. The number of benzene rings is 1. The smallest absolute Gasteiger partial charge is 0.203 e. The van der Waals surface area contributed by atoms with E-state index in [1.54, 1.807) is 0 Å². The highest BCUT2D eigenvalue weighted by molar-refractivity contribution is 5.85. The van der Waals surface area contributed by atoms with Crippen LogP contribution in [0, 0.1) is 0 Å². The Bertz CT molecular complexity index is 435. The van der Waals surface area contributed by atoms with Gasteiger partial charge in [0, 0.05) is 19.8 Å². The number of nitrogen functional groups attached to an aromatic ring is 1. The summed E-state index contributed by atoms with van der Waals surface area (Å²) in [6, 6.07) is 5.64. The van der Waals surface area contributed by atoms with Gasteiger partial charge in [0.05, 0.1) is 11.0 Å². The zero-order chi connectivity index (χ0) is 9.42. The lowest BCUT2D eigenvalue weighted by Crippen LogP contribution is -2.09. The van der Waals surface area contributed by atoms with E-state index in [0.717, 1.165) is 22.7 Å². The zero-order valence-corrected chi connectivity index (χ0v) is 8.93. The van der Waals surface area contributed by atoms with Gasteiger partial charge in [-0.3, -0.25) is 0 Å². The highest BCUT2D eigenvalue weighted by Gasteiger charge is 2.03. The van der Waals surface area contributed by atoms with E-state index < -0.39 is 0 Å². The van der Waals surface area contributed by atoms with E-state index in [4.69, 9.17) is 5.73 Å². The summed E-state index contributed by atoms with van der Waals surface area (Å²) in [7, 11) is 3.89. The van der Waals surface area contributed by atoms with Crippen LogP contribution >= 0.6 is 12.4 Å². The largest absolute Gasteiger partial charge is 0.399 e. The van der Waals surface area contributed by atoms with Crippen molar-refractivity contribution in [1.82, 2.24) is 9.97 Å². The van der Waals surface area contributed by atoms with Gasteiger partial charge in [0.15, 0.2) is 0 Å². The van der Waals surface area contributed by atoms with Crippen molar-refractivity contribution in [2.45, 2.75) is 0 Å². The monoisotopic (exact) mass is 212 g/mol. The average molecular weight is 213 g/mol. The molecule has 0 saturated heterocycles. The fourth-order valence-corrected chi connectivity index (χ4v) is 1.23. The zero-order valence-electron chi connectivity index (χ0n) is 8.11. The highest BCUT2D eigenvalue weighted by atomic mass is 35.5. The molecular weight excluding hydrogens is 200 g/mol. The lowest BCUT2D eigenvalue weighted by Gasteiger charge is -2.05. The standard InChI is InChI=1S/C9H12N4.ClH/c1-13(2)9-11-7-4-3-6(10)5-8(7)12-9;/h3-5H,10H2,1-2H3,(H,11,12);1H.